The third-order valence-electron chi connectivity index (χ3n) is 2.37. The fraction of sp³-hybridized carbons (Fsp3) is 0.455. The molecule has 0 fully saturated rings. The van der Waals surface area contributed by atoms with E-state index in [1.165, 1.54) is 0 Å². The second kappa shape index (κ2) is 5.96. The van der Waals surface area contributed by atoms with Crippen molar-refractivity contribution < 1.29 is 4.79 Å². The lowest BCUT2D eigenvalue weighted by Crippen LogP contribution is -2.33. The van der Waals surface area contributed by atoms with Gasteiger partial charge in [-0.2, -0.15) is 0 Å². The topological polar surface area (TPSA) is 68.0 Å². The molecule has 1 heterocycles. The number of amides is 1. The van der Waals surface area contributed by atoms with Gasteiger partial charge in [-0.15, -0.1) is 0 Å². The Morgan fingerprint density at radius 1 is 1.56 bits per heavy atom. The second-order valence-electron chi connectivity index (χ2n) is 3.94. The van der Waals surface area contributed by atoms with Crippen LogP contribution in [0.5, 0.6) is 0 Å². The first-order valence-electron chi connectivity index (χ1n) is 5.17. The normalized spacial score (nSPS) is 12.6. The van der Waals surface area contributed by atoms with Crippen molar-refractivity contribution in [2.45, 2.75) is 13.8 Å². The molecule has 0 aliphatic carbocycles. The molecule has 3 N–H and O–H groups in total. The molecule has 0 bridgehead atoms. The number of pyridine rings is 1. The monoisotopic (exact) mass is 285 g/mol. The predicted molar refractivity (Wildman–Crippen MR) is 67.9 cm³/mol. The number of carbonyl (C=O) groups excluding carboxylic acids is 1. The summed E-state index contributed by atoms with van der Waals surface area (Å²) < 4.78 is 0.879. The van der Waals surface area contributed by atoms with Crippen molar-refractivity contribution in [3.63, 3.8) is 0 Å². The number of carbonyl (C=O) groups is 1. The van der Waals surface area contributed by atoms with Crippen LogP contribution >= 0.6 is 15.9 Å². The molecule has 5 heteroatoms. The summed E-state index contributed by atoms with van der Waals surface area (Å²) in [6.45, 7) is 4.30. The zero-order chi connectivity index (χ0) is 12.1. The van der Waals surface area contributed by atoms with E-state index in [2.05, 4.69) is 26.2 Å². The van der Waals surface area contributed by atoms with Crippen LogP contribution in [0.1, 0.15) is 13.8 Å². The average molecular weight is 286 g/mol. The third kappa shape index (κ3) is 3.57. The number of anilines is 1. The lowest BCUT2D eigenvalue weighted by Gasteiger charge is -2.17. The lowest BCUT2D eigenvalue weighted by molar-refractivity contribution is -0.120. The smallest absolute Gasteiger partial charge is 0.230 e. The fourth-order valence-corrected chi connectivity index (χ4v) is 1.59. The van der Waals surface area contributed by atoms with Gasteiger partial charge in [-0.3, -0.25) is 4.79 Å². The molecule has 0 radical (unpaired) electrons. The second-order valence-corrected chi connectivity index (χ2v) is 4.85. The maximum atomic E-state index is 11.8. The molecular formula is C11H16BrN3O. The summed E-state index contributed by atoms with van der Waals surface area (Å²) in [7, 11) is 0. The Bertz CT molecular complexity index is 351. The third-order valence-corrected chi connectivity index (χ3v) is 2.84. The Balaban J connectivity index is 2.66. The summed E-state index contributed by atoms with van der Waals surface area (Å²) in [6, 6.07) is 3.57. The molecule has 4 nitrogen and oxygen atoms in total. The minimum absolute atomic E-state index is 0.0766. The summed E-state index contributed by atoms with van der Waals surface area (Å²) in [4.78, 5) is 15.9. The standard InChI is InChI=1S/C11H16BrN3O/c1-7(2)9(5-13)11(16)15-10-4-3-8(12)6-14-10/h3-4,6-7,9H,5,13H2,1-2H3,(H,14,15,16). The van der Waals surface area contributed by atoms with Gasteiger partial charge in [0.1, 0.15) is 5.82 Å². The van der Waals surface area contributed by atoms with Crippen molar-refractivity contribution in [2.75, 3.05) is 11.9 Å². The highest BCUT2D eigenvalue weighted by molar-refractivity contribution is 9.10. The quantitative estimate of drug-likeness (QED) is 0.889. The van der Waals surface area contributed by atoms with E-state index in [0.717, 1.165) is 4.47 Å². The Kier molecular flexibility index (Phi) is 4.89. The molecule has 88 valence electrons. The van der Waals surface area contributed by atoms with Gasteiger partial charge >= 0.3 is 0 Å². The molecule has 1 atom stereocenters. The zero-order valence-corrected chi connectivity index (χ0v) is 11.0. The van der Waals surface area contributed by atoms with E-state index < -0.39 is 0 Å². The number of rotatable bonds is 4. The van der Waals surface area contributed by atoms with Crippen LogP contribution in [-0.4, -0.2) is 17.4 Å². The van der Waals surface area contributed by atoms with E-state index in [4.69, 9.17) is 5.73 Å². The lowest BCUT2D eigenvalue weighted by atomic mass is 9.95. The first kappa shape index (κ1) is 13.1. The van der Waals surface area contributed by atoms with Crippen molar-refractivity contribution >= 4 is 27.7 Å². The van der Waals surface area contributed by atoms with E-state index in [1.54, 1.807) is 12.3 Å². The maximum absolute atomic E-state index is 11.8. The van der Waals surface area contributed by atoms with E-state index in [-0.39, 0.29) is 17.7 Å². The number of hydrogen-bond donors (Lipinski definition) is 2. The number of nitrogens with one attached hydrogen (secondary N) is 1. The minimum atomic E-state index is -0.176. The SMILES string of the molecule is CC(C)C(CN)C(=O)Nc1ccc(Br)cn1. The van der Waals surface area contributed by atoms with E-state index in [9.17, 15) is 4.79 Å². The van der Waals surface area contributed by atoms with Gasteiger partial charge in [-0.25, -0.2) is 4.98 Å². The van der Waals surface area contributed by atoms with Crippen LogP contribution in [-0.2, 0) is 4.79 Å². The van der Waals surface area contributed by atoms with E-state index in [0.29, 0.717) is 12.4 Å². The highest BCUT2D eigenvalue weighted by Gasteiger charge is 2.20. The van der Waals surface area contributed by atoms with Crippen molar-refractivity contribution in [1.29, 1.82) is 0 Å². The van der Waals surface area contributed by atoms with Crippen molar-refractivity contribution in [3.05, 3.63) is 22.8 Å². The highest BCUT2D eigenvalue weighted by Crippen LogP contribution is 2.14. The number of hydrogen-bond acceptors (Lipinski definition) is 3. The number of halogens is 1. The van der Waals surface area contributed by atoms with Gasteiger partial charge in [0, 0.05) is 17.2 Å². The van der Waals surface area contributed by atoms with Crippen molar-refractivity contribution in [1.82, 2.24) is 4.98 Å². The molecule has 0 spiro atoms. The van der Waals surface area contributed by atoms with Crippen LogP contribution in [0, 0.1) is 11.8 Å². The summed E-state index contributed by atoms with van der Waals surface area (Å²) in [6.07, 6.45) is 1.64. The van der Waals surface area contributed by atoms with Crippen LogP contribution < -0.4 is 11.1 Å². The number of aromatic nitrogens is 1. The first-order valence-corrected chi connectivity index (χ1v) is 5.96. The molecular weight excluding hydrogens is 270 g/mol. The van der Waals surface area contributed by atoms with Crippen LogP contribution in [0.2, 0.25) is 0 Å². The Morgan fingerprint density at radius 3 is 2.69 bits per heavy atom. The number of nitrogens with two attached hydrogens (primary N) is 1. The van der Waals surface area contributed by atoms with Gasteiger partial charge in [-0.1, -0.05) is 13.8 Å². The average Bonchev–Trinajstić information content (AvgIpc) is 2.22. The van der Waals surface area contributed by atoms with Crippen molar-refractivity contribution in [3.8, 4) is 0 Å². The highest BCUT2D eigenvalue weighted by atomic mass is 79.9. The molecule has 1 unspecified atom stereocenters. The van der Waals surface area contributed by atoms with Crippen LogP contribution in [0.25, 0.3) is 0 Å². The van der Waals surface area contributed by atoms with Gasteiger partial charge in [0.05, 0.1) is 5.92 Å². The molecule has 0 aliphatic heterocycles. The number of nitrogens with zero attached hydrogens (tertiary/aromatic N) is 1. The summed E-state index contributed by atoms with van der Waals surface area (Å²) in [5.41, 5.74) is 5.56. The van der Waals surface area contributed by atoms with Gasteiger partial charge in [0.2, 0.25) is 5.91 Å². The fourth-order valence-electron chi connectivity index (χ4n) is 1.35. The van der Waals surface area contributed by atoms with E-state index >= 15 is 0 Å². The molecule has 0 aliphatic rings. The molecule has 16 heavy (non-hydrogen) atoms. The molecule has 0 aromatic carbocycles. The molecule has 0 saturated heterocycles. The zero-order valence-electron chi connectivity index (χ0n) is 9.40. The minimum Gasteiger partial charge on any atom is -0.330 e. The predicted octanol–water partition coefficient (Wildman–Crippen LogP) is 2.01. The maximum Gasteiger partial charge on any atom is 0.230 e. The Morgan fingerprint density at radius 2 is 2.25 bits per heavy atom. The largest absolute Gasteiger partial charge is 0.330 e. The van der Waals surface area contributed by atoms with Gasteiger partial charge < -0.3 is 11.1 Å². The van der Waals surface area contributed by atoms with Crippen LogP contribution in [0.15, 0.2) is 22.8 Å². The van der Waals surface area contributed by atoms with Gasteiger partial charge in [-0.05, 0) is 34.0 Å². The molecule has 0 saturated carbocycles. The van der Waals surface area contributed by atoms with Crippen molar-refractivity contribution in [2.24, 2.45) is 17.6 Å². The van der Waals surface area contributed by atoms with E-state index in [1.807, 2.05) is 19.9 Å². The van der Waals surface area contributed by atoms with Gasteiger partial charge in [0.15, 0.2) is 0 Å². The molecule has 1 aromatic rings. The van der Waals surface area contributed by atoms with Gasteiger partial charge in [0.25, 0.3) is 0 Å². The summed E-state index contributed by atoms with van der Waals surface area (Å²) >= 11 is 3.28. The summed E-state index contributed by atoms with van der Waals surface area (Å²) in [5, 5.41) is 2.75. The Labute approximate surface area is 104 Å². The first-order chi connectivity index (χ1) is 7.54. The van der Waals surface area contributed by atoms with Crippen LogP contribution in [0.3, 0.4) is 0 Å². The molecule has 1 aromatic heterocycles. The summed E-state index contributed by atoms with van der Waals surface area (Å²) in [5.74, 6) is 0.519. The van der Waals surface area contributed by atoms with Crippen LogP contribution in [0.4, 0.5) is 5.82 Å². The Hall–Kier alpha value is -0.940. The molecule has 1 rings (SSSR count). The molecule has 1 amide bonds.